The molecular formula is C16H22N2O. The highest BCUT2D eigenvalue weighted by Gasteiger charge is 2.42. The van der Waals surface area contributed by atoms with Crippen molar-refractivity contribution < 1.29 is 4.79 Å². The van der Waals surface area contributed by atoms with Gasteiger partial charge in [0.1, 0.15) is 0 Å². The Morgan fingerprint density at radius 3 is 2.68 bits per heavy atom. The molecule has 0 aromatic heterocycles. The number of rotatable bonds is 3. The van der Waals surface area contributed by atoms with E-state index in [0.29, 0.717) is 18.0 Å². The van der Waals surface area contributed by atoms with Crippen molar-refractivity contribution in [3.63, 3.8) is 0 Å². The number of piperidine rings is 1. The Morgan fingerprint density at radius 2 is 1.95 bits per heavy atom. The molecule has 0 spiro atoms. The first-order valence-electron chi connectivity index (χ1n) is 7.37. The average molecular weight is 258 g/mol. The third-order valence-corrected chi connectivity index (χ3v) is 4.57. The molecule has 3 nitrogen and oxygen atoms in total. The minimum Gasteiger partial charge on any atom is -0.338 e. The Labute approximate surface area is 115 Å². The van der Waals surface area contributed by atoms with Gasteiger partial charge in [-0.05, 0) is 25.3 Å². The van der Waals surface area contributed by atoms with Gasteiger partial charge in [0, 0.05) is 38.1 Å². The fraction of sp³-hybridized carbons (Fsp3) is 0.562. The van der Waals surface area contributed by atoms with Crippen LogP contribution in [0.1, 0.15) is 31.7 Å². The van der Waals surface area contributed by atoms with Crippen molar-refractivity contribution in [3.05, 3.63) is 35.9 Å². The molecule has 3 heteroatoms. The molecule has 0 bridgehead atoms. The van der Waals surface area contributed by atoms with Crippen LogP contribution in [0.25, 0.3) is 0 Å². The van der Waals surface area contributed by atoms with E-state index < -0.39 is 0 Å². The summed E-state index contributed by atoms with van der Waals surface area (Å²) in [5.74, 6) is 0.352. The van der Waals surface area contributed by atoms with Gasteiger partial charge in [0.2, 0.25) is 5.91 Å². The van der Waals surface area contributed by atoms with E-state index in [2.05, 4.69) is 47.1 Å². The van der Waals surface area contributed by atoms with Crippen molar-refractivity contribution in [2.45, 2.75) is 44.8 Å². The van der Waals surface area contributed by atoms with E-state index in [1.165, 1.54) is 5.56 Å². The second-order valence-electron chi connectivity index (χ2n) is 5.60. The summed E-state index contributed by atoms with van der Waals surface area (Å²) in [5, 5.41) is 0. The lowest BCUT2D eigenvalue weighted by molar-refractivity contribution is -0.137. The monoisotopic (exact) mass is 258 g/mol. The molecule has 0 unspecified atom stereocenters. The summed E-state index contributed by atoms with van der Waals surface area (Å²) < 4.78 is 0. The number of carbonyl (C=O) groups is 1. The van der Waals surface area contributed by atoms with E-state index >= 15 is 0 Å². The topological polar surface area (TPSA) is 23.6 Å². The third kappa shape index (κ3) is 2.39. The smallest absolute Gasteiger partial charge is 0.222 e. The van der Waals surface area contributed by atoms with Gasteiger partial charge in [0.15, 0.2) is 0 Å². The van der Waals surface area contributed by atoms with Crippen LogP contribution in [0, 0.1) is 0 Å². The largest absolute Gasteiger partial charge is 0.338 e. The van der Waals surface area contributed by atoms with Crippen molar-refractivity contribution in [2.75, 3.05) is 13.1 Å². The van der Waals surface area contributed by atoms with Gasteiger partial charge in [-0.25, -0.2) is 0 Å². The molecule has 19 heavy (non-hydrogen) atoms. The van der Waals surface area contributed by atoms with E-state index in [1.807, 2.05) is 0 Å². The highest BCUT2D eigenvalue weighted by Crippen LogP contribution is 2.32. The Morgan fingerprint density at radius 1 is 1.16 bits per heavy atom. The van der Waals surface area contributed by atoms with E-state index in [4.69, 9.17) is 0 Å². The van der Waals surface area contributed by atoms with E-state index in [-0.39, 0.29) is 0 Å². The van der Waals surface area contributed by atoms with Crippen LogP contribution < -0.4 is 0 Å². The Balaban J connectivity index is 1.71. The molecule has 2 aliphatic heterocycles. The molecule has 1 aromatic rings. The molecule has 2 aliphatic rings. The van der Waals surface area contributed by atoms with Crippen molar-refractivity contribution >= 4 is 5.91 Å². The molecule has 2 heterocycles. The minimum atomic E-state index is 0.352. The number of nitrogens with zero attached hydrogens (tertiary/aromatic N) is 2. The number of likely N-dealkylation sites (N-methyl/N-ethyl adjacent to an activating group) is 1. The number of benzene rings is 1. The molecule has 2 fully saturated rings. The lowest BCUT2D eigenvalue weighted by atomic mass is 9.96. The number of amides is 1. The standard InChI is InChI=1S/C16H22N2O/c1-2-18-15-10-11-17(14(15)8-9-16(18)19)12-13-6-4-3-5-7-13/h3-7,14-15H,2,8-12H2,1H3/t14-,15-/m1/s1. The van der Waals surface area contributed by atoms with Gasteiger partial charge in [-0.1, -0.05) is 30.3 Å². The van der Waals surface area contributed by atoms with Gasteiger partial charge in [-0.3, -0.25) is 9.69 Å². The number of hydrogen-bond donors (Lipinski definition) is 0. The molecular weight excluding hydrogens is 236 g/mol. The summed E-state index contributed by atoms with van der Waals surface area (Å²) in [6, 6.07) is 11.7. The van der Waals surface area contributed by atoms with Crippen LogP contribution >= 0.6 is 0 Å². The zero-order valence-electron chi connectivity index (χ0n) is 11.6. The van der Waals surface area contributed by atoms with Crippen molar-refractivity contribution in [2.24, 2.45) is 0 Å². The van der Waals surface area contributed by atoms with Gasteiger partial charge in [0.25, 0.3) is 0 Å². The minimum absolute atomic E-state index is 0.352. The fourth-order valence-corrected chi connectivity index (χ4v) is 3.66. The summed E-state index contributed by atoms with van der Waals surface area (Å²) in [6.07, 6.45) is 2.89. The first-order valence-corrected chi connectivity index (χ1v) is 7.37. The fourth-order valence-electron chi connectivity index (χ4n) is 3.66. The Bertz CT molecular complexity index is 445. The highest BCUT2D eigenvalue weighted by atomic mass is 16.2. The summed E-state index contributed by atoms with van der Waals surface area (Å²) >= 11 is 0. The van der Waals surface area contributed by atoms with Gasteiger partial charge in [-0.15, -0.1) is 0 Å². The Kier molecular flexibility index (Phi) is 3.56. The van der Waals surface area contributed by atoms with Crippen molar-refractivity contribution in [1.82, 2.24) is 9.80 Å². The Hall–Kier alpha value is -1.35. The predicted molar refractivity (Wildman–Crippen MR) is 75.7 cm³/mol. The van der Waals surface area contributed by atoms with Gasteiger partial charge in [-0.2, -0.15) is 0 Å². The van der Waals surface area contributed by atoms with Crippen molar-refractivity contribution in [1.29, 1.82) is 0 Å². The maximum absolute atomic E-state index is 11.9. The summed E-state index contributed by atoms with van der Waals surface area (Å²) in [6.45, 7) is 5.10. The summed E-state index contributed by atoms with van der Waals surface area (Å²) in [5.41, 5.74) is 1.38. The molecule has 2 atom stereocenters. The molecule has 1 amide bonds. The normalized spacial score (nSPS) is 27.6. The lowest BCUT2D eigenvalue weighted by Crippen LogP contribution is -2.51. The number of hydrogen-bond acceptors (Lipinski definition) is 2. The predicted octanol–water partition coefficient (Wildman–Crippen LogP) is 2.27. The SMILES string of the molecule is CCN1C(=O)CC[C@@H]2[C@H]1CCN2Cc1ccccc1. The second kappa shape index (κ2) is 5.33. The zero-order valence-corrected chi connectivity index (χ0v) is 11.6. The van der Waals surface area contributed by atoms with E-state index in [9.17, 15) is 4.79 Å². The van der Waals surface area contributed by atoms with Crippen LogP contribution in [-0.4, -0.2) is 40.9 Å². The molecule has 0 saturated carbocycles. The lowest BCUT2D eigenvalue weighted by Gasteiger charge is -2.39. The number of carbonyl (C=O) groups excluding carboxylic acids is 1. The van der Waals surface area contributed by atoms with Gasteiger partial charge >= 0.3 is 0 Å². The van der Waals surface area contributed by atoms with Crippen LogP contribution in [0.3, 0.4) is 0 Å². The molecule has 0 aliphatic carbocycles. The van der Waals surface area contributed by atoms with Crippen LogP contribution in [0.4, 0.5) is 0 Å². The number of fused-ring (bicyclic) bond motifs is 1. The van der Waals surface area contributed by atoms with Gasteiger partial charge in [0.05, 0.1) is 0 Å². The molecule has 3 rings (SSSR count). The molecule has 102 valence electrons. The second-order valence-corrected chi connectivity index (χ2v) is 5.60. The zero-order chi connectivity index (χ0) is 13.2. The molecule has 0 N–H and O–H groups in total. The van der Waals surface area contributed by atoms with Crippen LogP contribution in [0.5, 0.6) is 0 Å². The molecule has 2 saturated heterocycles. The van der Waals surface area contributed by atoms with Crippen LogP contribution in [-0.2, 0) is 11.3 Å². The molecule has 1 aromatic carbocycles. The maximum Gasteiger partial charge on any atom is 0.222 e. The van der Waals surface area contributed by atoms with E-state index in [0.717, 1.165) is 38.9 Å². The van der Waals surface area contributed by atoms with Crippen LogP contribution in [0.15, 0.2) is 30.3 Å². The first-order chi connectivity index (χ1) is 9.29. The maximum atomic E-state index is 11.9. The number of likely N-dealkylation sites (tertiary alicyclic amines) is 2. The van der Waals surface area contributed by atoms with Gasteiger partial charge < -0.3 is 4.90 Å². The molecule has 0 radical (unpaired) electrons. The summed E-state index contributed by atoms with van der Waals surface area (Å²) in [7, 11) is 0. The highest BCUT2D eigenvalue weighted by molar-refractivity contribution is 5.77. The van der Waals surface area contributed by atoms with E-state index in [1.54, 1.807) is 0 Å². The first kappa shape index (κ1) is 12.7. The quantitative estimate of drug-likeness (QED) is 0.830. The average Bonchev–Trinajstić information content (AvgIpc) is 2.83. The van der Waals surface area contributed by atoms with Crippen molar-refractivity contribution in [3.8, 4) is 0 Å². The van der Waals surface area contributed by atoms with Crippen LogP contribution in [0.2, 0.25) is 0 Å². The summed E-state index contributed by atoms with van der Waals surface area (Å²) in [4.78, 5) is 16.6. The third-order valence-electron chi connectivity index (χ3n) is 4.57.